The number of ether oxygens (including phenoxy) is 2. The van der Waals surface area contributed by atoms with E-state index in [4.69, 9.17) is 18.5 Å². The minimum absolute atomic E-state index is 0.0235. The van der Waals surface area contributed by atoms with Gasteiger partial charge >= 0.3 is 19.8 Å². The molecule has 0 spiro atoms. The van der Waals surface area contributed by atoms with Gasteiger partial charge in [-0.05, 0) is 44.9 Å². The molecule has 0 bridgehead atoms. The maximum absolute atomic E-state index is 12.7. The SMILES string of the molecule is CCCCCCCC/C=C/C/C=C/C/C=C/CCCC(=O)O[C@H](COC(=O)CCCCCCCCCCCCCCCCCC)COP(=O)(O)OCC[N+](C)(C)C. The lowest BCUT2D eigenvalue weighted by molar-refractivity contribution is -0.870. The quantitative estimate of drug-likeness (QED) is 0.0213. The molecule has 0 fully saturated rings. The third kappa shape index (κ3) is 43.6. The normalized spacial score (nSPS) is 13.9. The molecule has 0 saturated carbocycles. The van der Waals surface area contributed by atoms with Gasteiger partial charge in [-0.3, -0.25) is 18.6 Å². The molecule has 1 N–H and O–H groups in total. The Hall–Kier alpha value is -1.77. The zero-order chi connectivity index (χ0) is 42.1. The zero-order valence-corrected chi connectivity index (χ0v) is 38.5. The number of hydrogen-bond donors (Lipinski definition) is 1. The highest BCUT2D eigenvalue weighted by Gasteiger charge is 2.27. The minimum Gasteiger partial charge on any atom is -0.462 e. The number of likely N-dealkylation sites (N-methyl/N-ethyl adjacent to an activating group) is 1. The number of rotatable bonds is 42. The van der Waals surface area contributed by atoms with Crippen molar-refractivity contribution in [3.63, 3.8) is 0 Å². The molecule has 0 aromatic heterocycles. The van der Waals surface area contributed by atoms with E-state index in [0.29, 0.717) is 17.4 Å². The average Bonchev–Trinajstić information content (AvgIpc) is 3.16. The van der Waals surface area contributed by atoms with Crippen molar-refractivity contribution in [2.24, 2.45) is 0 Å². The maximum atomic E-state index is 12.7. The second-order valence-corrected chi connectivity index (χ2v) is 18.2. The Morgan fingerprint density at radius 1 is 0.544 bits per heavy atom. The highest BCUT2D eigenvalue weighted by Crippen LogP contribution is 2.43. The van der Waals surface area contributed by atoms with Crippen LogP contribution in [0.1, 0.15) is 200 Å². The first-order valence-electron chi connectivity index (χ1n) is 23.2. The highest BCUT2D eigenvalue weighted by molar-refractivity contribution is 7.47. The van der Waals surface area contributed by atoms with Crippen LogP contribution in [0, 0.1) is 0 Å². The van der Waals surface area contributed by atoms with Crippen LogP contribution < -0.4 is 0 Å². The topological polar surface area (TPSA) is 108 Å². The van der Waals surface area contributed by atoms with Crippen LogP contribution in [0.2, 0.25) is 0 Å². The van der Waals surface area contributed by atoms with Gasteiger partial charge in [0, 0.05) is 12.8 Å². The van der Waals surface area contributed by atoms with E-state index in [1.54, 1.807) is 0 Å². The number of phosphoric acid groups is 1. The number of unbranched alkanes of at least 4 members (excludes halogenated alkanes) is 22. The molecule has 0 aromatic carbocycles. The third-order valence-corrected chi connectivity index (χ3v) is 10.9. The second kappa shape index (κ2) is 39.7. The van der Waals surface area contributed by atoms with Crippen LogP contribution >= 0.6 is 7.82 Å². The number of nitrogens with zero attached hydrogens (tertiary/aromatic N) is 1. The molecular formula is C47H89NO8P+. The molecule has 0 aliphatic heterocycles. The van der Waals surface area contributed by atoms with Crippen molar-refractivity contribution in [3.05, 3.63) is 36.5 Å². The predicted molar refractivity (Wildman–Crippen MR) is 238 cm³/mol. The van der Waals surface area contributed by atoms with Gasteiger partial charge in [-0.2, -0.15) is 0 Å². The molecule has 9 nitrogen and oxygen atoms in total. The lowest BCUT2D eigenvalue weighted by Gasteiger charge is -2.24. The largest absolute Gasteiger partial charge is 0.472 e. The predicted octanol–water partition coefficient (Wildman–Crippen LogP) is 13.3. The summed E-state index contributed by atoms with van der Waals surface area (Å²) in [4.78, 5) is 35.4. The molecule has 0 saturated heterocycles. The number of allylic oxidation sites excluding steroid dienone is 6. The number of quaternary nitrogens is 1. The molecule has 0 aliphatic rings. The molecule has 0 aromatic rings. The van der Waals surface area contributed by atoms with Gasteiger partial charge in [0.25, 0.3) is 0 Å². The molecule has 1 unspecified atom stereocenters. The van der Waals surface area contributed by atoms with Crippen molar-refractivity contribution < 1.29 is 42.1 Å². The van der Waals surface area contributed by atoms with Gasteiger partial charge in [0.05, 0.1) is 27.7 Å². The first-order valence-corrected chi connectivity index (χ1v) is 24.7. The molecule has 0 aliphatic carbocycles. The minimum atomic E-state index is -4.39. The van der Waals surface area contributed by atoms with E-state index >= 15 is 0 Å². The fourth-order valence-corrected chi connectivity index (χ4v) is 7.01. The Kier molecular flexibility index (Phi) is 38.4. The van der Waals surface area contributed by atoms with Crippen LogP contribution in [0.25, 0.3) is 0 Å². The Morgan fingerprint density at radius 3 is 1.46 bits per heavy atom. The summed E-state index contributed by atoms with van der Waals surface area (Å²) in [5, 5.41) is 0. The fourth-order valence-electron chi connectivity index (χ4n) is 6.27. The summed E-state index contributed by atoms with van der Waals surface area (Å²) in [5.74, 6) is -0.853. The summed E-state index contributed by atoms with van der Waals surface area (Å²) in [6, 6.07) is 0. The van der Waals surface area contributed by atoms with E-state index < -0.39 is 26.5 Å². The van der Waals surface area contributed by atoms with Gasteiger partial charge in [0.15, 0.2) is 6.10 Å². The summed E-state index contributed by atoms with van der Waals surface area (Å²) in [5.41, 5.74) is 0. The molecule has 334 valence electrons. The van der Waals surface area contributed by atoms with Crippen molar-refractivity contribution in [3.8, 4) is 0 Å². The fraction of sp³-hybridized carbons (Fsp3) is 0.830. The molecule has 2 atom stereocenters. The van der Waals surface area contributed by atoms with E-state index in [1.165, 1.54) is 122 Å². The smallest absolute Gasteiger partial charge is 0.462 e. The van der Waals surface area contributed by atoms with Crippen molar-refractivity contribution in [2.45, 2.75) is 206 Å². The van der Waals surface area contributed by atoms with Crippen molar-refractivity contribution in [2.75, 3.05) is 47.5 Å². The van der Waals surface area contributed by atoms with E-state index in [2.05, 4.69) is 50.3 Å². The van der Waals surface area contributed by atoms with Gasteiger partial charge in [-0.15, -0.1) is 0 Å². The number of carbonyl (C=O) groups excluding carboxylic acids is 2. The summed E-state index contributed by atoms with van der Waals surface area (Å²) in [7, 11) is 1.45. The van der Waals surface area contributed by atoms with Crippen LogP contribution in [0.15, 0.2) is 36.5 Å². The van der Waals surface area contributed by atoms with E-state index in [1.807, 2.05) is 21.1 Å². The number of carbonyl (C=O) groups is 2. The van der Waals surface area contributed by atoms with Crippen LogP contribution in [0.3, 0.4) is 0 Å². The monoisotopic (exact) mass is 827 g/mol. The van der Waals surface area contributed by atoms with Gasteiger partial charge < -0.3 is 18.9 Å². The number of hydrogen-bond acceptors (Lipinski definition) is 7. The Bertz CT molecular complexity index is 1070. The van der Waals surface area contributed by atoms with Crippen molar-refractivity contribution >= 4 is 19.8 Å². The van der Waals surface area contributed by atoms with Gasteiger partial charge in [-0.1, -0.05) is 179 Å². The first kappa shape index (κ1) is 55.2. The summed E-state index contributed by atoms with van der Waals surface area (Å²) in [6.45, 7) is 4.37. The van der Waals surface area contributed by atoms with Gasteiger partial charge in [0.2, 0.25) is 0 Å². The van der Waals surface area contributed by atoms with Crippen LogP contribution in [-0.2, 0) is 32.7 Å². The Balaban J connectivity index is 4.40. The summed E-state index contributed by atoms with van der Waals surface area (Å²) < 4.78 is 34.3. The van der Waals surface area contributed by atoms with Crippen LogP contribution in [0.4, 0.5) is 0 Å². The zero-order valence-electron chi connectivity index (χ0n) is 37.6. The van der Waals surface area contributed by atoms with E-state index in [9.17, 15) is 19.0 Å². The van der Waals surface area contributed by atoms with Crippen molar-refractivity contribution in [1.29, 1.82) is 0 Å². The van der Waals surface area contributed by atoms with E-state index in [0.717, 1.165) is 44.9 Å². The number of esters is 2. The average molecular weight is 827 g/mol. The molecule has 0 amide bonds. The number of phosphoric ester groups is 1. The molecule has 10 heteroatoms. The molecule has 0 rings (SSSR count). The first-order chi connectivity index (χ1) is 27.5. The van der Waals surface area contributed by atoms with Gasteiger partial charge in [-0.25, -0.2) is 4.57 Å². The standard InChI is InChI=1S/C47H88NO8P/c1-6-8-10-12-14-16-18-20-22-24-26-28-30-32-34-36-38-40-47(50)56-45(44-55-57(51,52)54-42-41-48(3,4)5)43-53-46(49)39-37-35-33-31-29-27-25-23-21-19-17-15-13-11-9-7-2/h20,22,26,28,32,34,45H,6-19,21,23-25,27,29-31,33,35-44H2,1-5H3/p+1/b22-20+,28-26+,34-32+/t45-/m1/s1. The summed E-state index contributed by atoms with van der Waals surface area (Å²) >= 11 is 0. The molecule has 57 heavy (non-hydrogen) atoms. The Morgan fingerprint density at radius 2 is 0.965 bits per heavy atom. The lowest BCUT2D eigenvalue weighted by Crippen LogP contribution is -2.37. The van der Waals surface area contributed by atoms with Crippen molar-refractivity contribution in [1.82, 2.24) is 0 Å². The van der Waals surface area contributed by atoms with Gasteiger partial charge in [0.1, 0.15) is 19.8 Å². The molecule has 0 radical (unpaired) electrons. The van der Waals surface area contributed by atoms with Crippen LogP contribution in [0.5, 0.6) is 0 Å². The Labute approximate surface area is 351 Å². The van der Waals surface area contributed by atoms with E-state index in [-0.39, 0.29) is 32.0 Å². The second-order valence-electron chi connectivity index (χ2n) is 16.8. The highest BCUT2D eigenvalue weighted by atomic mass is 31.2. The molecular weight excluding hydrogens is 737 g/mol. The maximum Gasteiger partial charge on any atom is 0.472 e. The summed E-state index contributed by atoms with van der Waals surface area (Å²) in [6.07, 6.45) is 44.8. The van der Waals surface area contributed by atoms with Crippen LogP contribution in [-0.4, -0.2) is 74.9 Å². The third-order valence-electron chi connectivity index (χ3n) is 9.92. The molecule has 0 heterocycles. The lowest BCUT2D eigenvalue weighted by atomic mass is 10.0.